The number of carbonyl (C=O) groups excluding carboxylic acids is 2. The summed E-state index contributed by atoms with van der Waals surface area (Å²) in [5, 5.41) is 0. The van der Waals surface area contributed by atoms with Crippen molar-refractivity contribution in [2.75, 3.05) is 20.2 Å². The van der Waals surface area contributed by atoms with Crippen molar-refractivity contribution in [3.05, 3.63) is 23.9 Å². The molecule has 6 heteroatoms. The van der Waals surface area contributed by atoms with E-state index in [0.717, 1.165) is 18.4 Å². The number of pyridine rings is 1. The maximum Gasteiger partial charge on any atom is 0.227 e. The summed E-state index contributed by atoms with van der Waals surface area (Å²) in [7, 11) is 1.53. The molecule has 2 rings (SSSR count). The fourth-order valence-electron chi connectivity index (χ4n) is 2.45. The molecule has 1 atom stereocenters. The predicted molar refractivity (Wildman–Crippen MR) is 73.0 cm³/mol. The Morgan fingerprint density at radius 3 is 3.05 bits per heavy atom. The Bertz CT molecular complexity index is 504. The molecule has 2 amide bonds. The van der Waals surface area contributed by atoms with Gasteiger partial charge in [0.05, 0.1) is 19.4 Å². The molecule has 1 aliphatic rings. The lowest BCUT2D eigenvalue weighted by atomic mass is 9.97. The lowest BCUT2D eigenvalue weighted by Crippen LogP contribution is -2.44. The lowest BCUT2D eigenvalue weighted by molar-refractivity contribution is -0.134. The molecule has 1 aliphatic heterocycles. The number of methoxy groups -OCH3 is 1. The van der Waals surface area contributed by atoms with Crippen molar-refractivity contribution in [3.8, 4) is 5.88 Å². The van der Waals surface area contributed by atoms with Crippen molar-refractivity contribution in [1.82, 2.24) is 9.88 Å². The number of carbonyl (C=O) groups is 2. The summed E-state index contributed by atoms with van der Waals surface area (Å²) >= 11 is 0. The predicted octanol–water partition coefficient (Wildman–Crippen LogP) is 0.357. The topological polar surface area (TPSA) is 85.5 Å². The van der Waals surface area contributed by atoms with Crippen LogP contribution in [-0.2, 0) is 16.0 Å². The zero-order valence-electron chi connectivity index (χ0n) is 11.5. The number of likely N-dealkylation sites (tertiary alicyclic amines) is 1. The van der Waals surface area contributed by atoms with Gasteiger partial charge in [-0.15, -0.1) is 0 Å². The number of nitrogens with two attached hydrogens (primary N) is 1. The van der Waals surface area contributed by atoms with Gasteiger partial charge in [-0.2, -0.15) is 0 Å². The summed E-state index contributed by atoms with van der Waals surface area (Å²) in [6.45, 7) is 1.09. The molecule has 1 aromatic heterocycles. The summed E-state index contributed by atoms with van der Waals surface area (Å²) in [6.07, 6.45) is 3.41. The Morgan fingerprint density at radius 2 is 2.35 bits per heavy atom. The van der Waals surface area contributed by atoms with Crippen LogP contribution in [0.5, 0.6) is 5.88 Å². The number of piperidine rings is 1. The minimum atomic E-state index is -0.332. The number of hydrogen-bond donors (Lipinski definition) is 1. The number of nitrogens with zero attached hydrogens (tertiary/aromatic N) is 2. The van der Waals surface area contributed by atoms with Crippen LogP contribution < -0.4 is 10.5 Å². The van der Waals surface area contributed by atoms with Crippen molar-refractivity contribution < 1.29 is 14.3 Å². The molecule has 0 bridgehead atoms. The first kappa shape index (κ1) is 14.3. The van der Waals surface area contributed by atoms with E-state index in [-0.39, 0.29) is 24.2 Å². The second kappa shape index (κ2) is 6.36. The molecule has 1 fully saturated rings. The number of hydrogen-bond acceptors (Lipinski definition) is 4. The fourth-order valence-corrected chi connectivity index (χ4v) is 2.45. The van der Waals surface area contributed by atoms with Gasteiger partial charge < -0.3 is 15.4 Å². The van der Waals surface area contributed by atoms with Crippen LogP contribution in [0.25, 0.3) is 0 Å². The summed E-state index contributed by atoms with van der Waals surface area (Å²) in [5.41, 5.74) is 6.07. The highest BCUT2D eigenvalue weighted by Crippen LogP contribution is 2.19. The smallest absolute Gasteiger partial charge is 0.227 e. The van der Waals surface area contributed by atoms with Gasteiger partial charge in [-0.3, -0.25) is 9.59 Å². The Kier molecular flexibility index (Phi) is 4.55. The third kappa shape index (κ3) is 3.26. The Balaban J connectivity index is 2.02. The average Bonchev–Trinajstić information content (AvgIpc) is 2.48. The minimum absolute atomic E-state index is 0.0257. The van der Waals surface area contributed by atoms with Crippen molar-refractivity contribution in [2.45, 2.75) is 19.3 Å². The largest absolute Gasteiger partial charge is 0.481 e. The van der Waals surface area contributed by atoms with Crippen molar-refractivity contribution in [2.24, 2.45) is 11.7 Å². The molecule has 0 unspecified atom stereocenters. The molecule has 2 heterocycles. The van der Waals surface area contributed by atoms with Crippen LogP contribution in [0.1, 0.15) is 18.4 Å². The van der Waals surface area contributed by atoms with Crippen LogP contribution in [0.2, 0.25) is 0 Å². The second-order valence-electron chi connectivity index (χ2n) is 4.93. The van der Waals surface area contributed by atoms with Crippen molar-refractivity contribution in [3.63, 3.8) is 0 Å². The van der Waals surface area contributed by atoms with E-state index in [1.165, 1.54) is 7.11 Å². The van der Waals surface area contributed by atoms with Crippen LogP contribution >= 0.6 is 0 Å². The first-order valence-electron chi connectivity index (χ1n) is 6.66. The molecule has 1 aromatic rings. The van der Waals surface area contributed by atoms with Gasteiger partial charge in [0.15, 0.2) is 0 Å². The normalized spacial score (nSPS) is 18.6. The zero-order valence-corrected chi connectivity index (χ0v) is 11.5. The molecule has 0 aliphatic carbocycles. The van der Waals surface area contributed by atoms with Gasteiger partial charge in [0.2, 0.25) is 17.7 Å². The molecule has 0 saturated carbocycles. The van der Waals surface area contributed by atoms with Crippen molar-refractivity contribution in [1.29, 1.82) is 0 Å². The third-order valence-electron chi connectivity index (χ3n) is 3.56. The maximum atomic E-state index is 12.3. The molecule has 20 heavy (non-hydrogen) atoms. The van der Waals surface area contributed by atoms with Crippen LogP contribution in [0.15, 0.2) is 18.3 Å². The summed E-state index contributed by atoms with van der Waals surface area (Å²) in [6, 6.07) is 3.59. The van der Waals surface area contributed by atoms with Crippen LogP contribution in [0.4, 0.5) is 0 Å². The SMILES string of the molecule is COc1ncccc1CC(=O)N1CCC[C@@H](C(N)=O)C1. The van der Waals surface area contributed by atoms with Crippen LogP contribution in [0, 0.1) is 5.92 Å². The van der Waals surface area contributed by atoms with Gasteiger partial charge in [0.25, 0.3) is 0 Å². The highest BCUT2D eigenvalue weighted by molar-refractivity contribution is 5.81. The summed E-state index contributed by atoms with van der Waals surface area (Å²) in [4.78, 5) is 29.3. The van der Waals surface area contributed by atoms with E-state index in [4.69, 9.17) is 10.5 Å². The molecule has 2 N–H and O–H groups in total. The molecule has 0 radical (unpaired) electrons. The van der Waals surface area contributed by atoms with Crippen LogP contribution in [-0.4, -0.2) is 41.9 Å². The Labute approximate surface area is 117 Å². The van der Waals surface area contributed by atoms with Gasteiger partial charge in [-0.05, 0) is 18.9 Å². The summed E-state index contributed by atoms with van der Waals surface area (Å²) < 4.78 is 5.14. The van der Waals surface area contributed by atoms with E-state index in [9.17, 15) is 9.59 Å². The Hall–Kier alpha value is -2.11. The lowest BCUT2D eigenvalue weighted by Gasteiger charge is -2.31. The van der Waals surface area contributed by atoms with E-state index >= 15 is 0 Å². The molecule has 0 aromatic carbocycles. The third-order valence-corrected chi connectivity index (χ3v) is 3.56. The average molecular weight is 277 g/mol. The Morgan fingerprint density at radius 1 is 1.55 bits per heavy atom. The van der Waals surface area contributed by atoms with Gasteiger partial charge in [-0.1, -0.05) is 6.07 Å². The van der Waals surface area contributed by atoms with E-state index in [0.29, 0.717) is 19.0 Å². The number of ether oxygens (including phenoxy) is 1. The highest BCUT2D eigenvalue weighted by Gasteiger charge is 2.27. The second-order valence-corrected chi connectivity index (χ2v) is 4.93. The first-order chi connectivity index (χ1) is 9.61. The molecule has 6 nitrogen and oxygen atoms in total. The maximum absolute atomic E-state index is 12.3. The minimum Gasteiger partial charge on any atom is -0.481 e. The molecular formula is C14H19N3O3. The highest BCUT2D eigenvalue weighted by atomic mass is 16.5. The van der Waals surface area contributed by atoms with Crippen molar-refractivity contribution >= 4 is 11.8 Å². The molecule has 0 spiro atoms. The zero-order chi connectivity index (χ0) is 14.5. The monoisotopic (exact) mass is 277 g/mol. The van der Waals surface area contributed by atoms with E-state index in [2.05, 4.69) is 4.98 Å². The van der Waals surface area contributed by atoms with E-state index in [1.54, 1.807) is 17.2 Å². The quantitative estimate of drug-likeness (QED) is 0.861. The fraction of sp³-hybridized carbons (Fsp3) is 0.500. The molecule has 1 saturated heterocycles. The number of amides is 2. The number of aromatic nitrogens is 1. The first-order valence-corrected chi connectivity index (χ1v) is 6.66. The number of primary amides is 1. The van der Waals surface area contributed by atoms with Crippen LogP contribution in [0.3, 0.4) is 0 Å². The van der Waals surface area contributed by atoms with Gasteiger partial charge >= 0.3 is 0 Å². The van der Waals surface area contributed by atoms with Gasteiger partial charge in [0, 0.05) is 24.8 Å². The van der Waals surface area contributed by atoms with E-state index in [1.807, 2.05) is 6.07 Å². The standard InChI is InChI=1S/C14H19N3O3/c1-20-14-10(4-2-6-16-14)8-12(18)17-7-3-5-11(9-17)13(15)19/h2,4,6,11H,3,5,7-9H2,1H3,(H2,15,19)/t11-/m1/s1. The van der Waals surface area contributed by atoms with E-state index < -0.39 is 0 Å². The molecule has 108 valence electrons. The van der Waals surface area contributed by atoms with Gasteiger partial charge in [0.1, 0.15) is 0 Å². The number of rotatable bonds is 4. The molecular weight excluding hydrogens is 258 g/mol. The van der Waals surface area contributed by atoms with Gasteiger partial charge in [-0.25, -0.2) is 4.98 Å². The summed E-state index contributed by atoms with van der Waals surface area (Å²) in [5.74, 6) is -0.128.